The SMILES string of the molecule is CCCNC1CCC(NC(=O)Oc2ccccc2)CC1. The summed E-state index contributed by atoms with van der Waals surface area (Å²) in [5.41, 5.74) is 0. The normalized spacial score (nSPS) is 22.2. The molecule has 1 amide bonds. The van der Waals surface area contributed by atoms with Gasteiger partial charge >= 0.3 is 6.09 Å². The van der Waals surface area contributed by atoms with Crippen LogP contribution in [0.5, 0.6) is 5.75 Å². The Hall–Kier alpha value is -1.55. The second kappa shape index (κ2) is 7.90. The molecule has 0 radical (unpaired) electrons. The fraction of sp³-hybridized carbons (Fsp3) is 0.562. The summed E-state index contributed by atoms with van der Waals surface area (Å²) in [6.45, 7) is 3.26. The van der Waals surface area contributed by atoms with E-state index in [0.717, 1.165) is 32.2 Å². The van der Waals surface area contributed by atoms with Crippen molar-refractivity contribution in [2.75, 3.05) is 6.54 Å². The third kappa shape index (κ3) is 4.85. The molecule has 1 aromatic rings. The third-order valence-corrected chi connectivity index (χ3v) is 3.69. The highest BCUT2D eigenvalue weighted by molar-refractivity contribution is 5.70. The number of rotatable bonds is 5. The monoisotopic (exact) mass is 276 g/mol. The van der Waals surface area contributed by atoms with Crippen LogP contribution in [0.1, 0.15) is 39.0 Å². The van der Waals surface area contributed by atoms with E-state index in [4.69, 9.17) is 4.74 Å². The Morgan fingerprint density at radius 1 is 1.15 bits per heavy atom. The van der Waals surface area contributed by atoms with Crippen LogP contribution in [-0.4, -0.2) is 24.7 Å². The fourth-order valence-electron chi connectivity index (χ4n) is 2.58. The van der Waals surface area contributed by atoms with Gasteiger partial charge in [-0.2, -0.15) is 0 Å². The Morgan fingerprint density at radius 3 is 2.45 bits per heavy atom. The minimum atomic E-state index is -0.346. The Morgan fingerprint density at radius 2 is 1.80 bits per heavy atom. The van der Waals surface area contributed by atoms with Gasteiger partial charge in [0.25, 0.3) is 0 Å². The van der Waals surface area contributed by atoms with Crippen LogP contribution in [0.4, 0.5) is 4.79 Å². The average molecular weight is 276 g/mol. The Labute approximate surface area is 120 Å². The molecule has 4 heteroatoms. The largest absolute Gasteiger partial charge is 0.412 e. The van der Waals surface area contributed by atoms with E-state index in [1.807, 2.05) is 18.2 Å². The van der Waals surface area contributed by atoms with Crippen molar-refractivity contribution in [1.82, 2.24) is 10.6 Å². The van der Waals surface area contributed by atoms with E-state index in [1.165, 1.54) is 6.42 Å². The van der Waals surface area contributed by atoms with E-state index in [0.29, 0.717) is 11.8 Å². The van der Waals surface area contributed by atoms with E-state index in [2.05, 4.69) is 17.6 Å². The third-order valence-electron chi connectivity index (χ3n) is 3.69. The molecule has 4 nitrogen and oxygen atoms in total. The summed E-state index contributed by atoms with van der Waals surface area (Å²) in [4.78, 5) is 11.8. The molecule has 1 aliphatic carbocycles. The predicted molar refractivity (Wildman–Crippen MR) is 79.9 cm³/mol. The van der Waals surface area contributed by atoms with E-state index in [1.54, 1.807) is 12.1 Å². The van der Waals surface area contributed by atoms with Gasteiger partial charge in [0.1, 0.15) is 5.75 Å². The smallest absolute Gasteiger partial charge is 0.410 e. The summed E-state index contributed by atoms with van der Waals surface area (Å²) in [6.07, 6.45) is 5.10. The zero-order valence-electron chi connectivity index (χ0n) is 12.1. The van der Waals surface area contributed by atoms with Crippen LogP contribution in [0.3, 0.4) is 0 Å². The first-order valence-electron chi connectivity index (χ1n) is 7.54. The molecule has 1 saturated carbocycles. The maximum absolute atomic E-state index is 11.8. The van der Waals surface area contributed by atoms with Gasteiger partial charge in [0.15, 0.2) is 0 Å². The molecule has 110 valence electrons. The van der Waals surface area contributed by atoms with Gasteiger partial charge in [0.05, 0.1) is 0 Å². The summed E-state index contributed by atoms with van der Waals surface area (Å²) in [5.74, 6) is 0.586. The van der Waals surface area contributed by atoms with Crippen molar-refractivity contribution in [3.63, 3.8) is 0 Å². The summed E-state index contributed by atoms with van der Waals surface area (Å²) in [7, 11) is 0. The summed E-state index contributed by atoms with van der Waals surface area (Å²) in [5, 5.41) is 6.50. The van der Waals surface area contributed by atoms with Gasteiger partial charge in [-0.25, -0.2) is 4.79 Å². The lowest BCUT2D eigenvalue weighted by molar-refractivity contribution is 0.189. The molecule has 0 saturated heterocycles. The van der Waals surface area contributed by atoms with Gasteiger partial charge in [-0.05, 0) is 50.8 Å². The molecule has 2 N–H and O–H groups in total. The molecule has 0 heterocycles. The maximum atomic E-state index is 11.8. The van der Waals surface area contributed by atoms with Gasteiger partial charge in [0.2, 0.25) is 0 Å². The van der Waals surface area contributed by atoms with Gasteiger partial charge in [0, 0.05) is 12.1 Å². The average Bonchev–Trinajstić information content (AvgIpc) is 2.47. The minimum Gasteiger partial charge on any atom is -0.410 e. The number of para-hydroxylation sites is 1. The van der Waals surface area contributed by atoms with Crippen molar-refractivity contribution in [2.24, 2.45) is 0 Å². The molecule has 1 fully saturated rings. The number of amides is 1. The Bertz CT molecular complexity index is 400. The number of benzene rings is 1. The van der Waals surface area contributed by atoms with Crippen LogP contribution in [0, 0.1) is 0 Å². The number of nitrogens with one attached hydrogen (secondary N) is 2. The molecule has 0 unspecified atom stereocenters. The standard InChI is InChI=1S/C16H24N2O2/c1-2-12-17-13-8-10-14(11-9-13)18-16(19)20-15-6-4-3-5-7-15/h3-7,13-14,17H,2,8-12H2,1H3,(H,18,19). The summed E-state index contributed by atoms with van der Waals surface area (Å²) < 4.78 is 5.24. The number of hydrogen-bond acceptors (Lipinski definition) is 3. The molecule has 0 aliphatic heterocycles. The van der Waals surface area contributed by atoms with E-state index < -0.39 is 0 Å². The van der Waals surface area contributed by atoms with Crippen LogP contribution >= 0.6 is 0 Å². The minimum absolute atomic E-state index is 0.242. The number of carbonyl (C=O) groups excluding carboxylic acids is 1. The Kier molecular flexibility index (Phi) is 5.87. The molecule has 0 atom stereocenters. The lowest BCUT2D eigenvalue weighted by Crippen LogP contribution is -2.43. The topological polar surface area (TPSA) is 50.4 Å². The predicted octanol–water partition coefficient (Wildman–Crippen LogP) is 3.09. The van der Waals surface area contributed by atoms with Gasteiger partial charge in [-0.1, -0.05) is 25.1 Å². The van der Waals surface area contributed by atoms with Gasteiger partial charge in [-0.3, -0.25) is 0 Å². The van der Waals surface area contributed by atoms with E-state index in [-0.39, 0.29) is 12.1 Å². The van der Waals surface area contributed by atoms with Gasteiger partial charge in [-0.15, -0.1) is 0 Å². The molecule has 0 aromatic heterocycles. The van der Waals surface area contributed by atoms with Crippen molar-refractivity contribution in [1.29, 1.82) is 0 Å². The zero-order valence-corrected chi connectivity index (χ0v) is 12.1. The van der Waals surface area contributed by atoms with Crippen LogP contribution in [-0.2, 0) is 0 Å². The molecule has 1 aromatic carbocycles. The van der Waals surface area contributed by atoms with Crippen LogP contribution in [0.15, 0.2) is 30.3 Å². The van der Waals surface area contributed by atoms with Crippen molar-refractivity contribution < 1.29 is 9.53 Å². The van der Waals surface area contributed by atoms with Crippen molar-refractivity contribution >= 4 is 6.09 Å². The molecule has 0 bridgehead atoms. The van der Waals surface area contributed by atoms with Crippen LogP contribution in [0.2, 0.25) is 0 Å². The highest BCUT2D eigenvalue weighted by atomic mass is 16.6. The van der Waals surface area contributed by atoms with Crippen molar-refractivity contribution in [3.8, 4) is 5.75 Å². The molecular weight excluding hydrogens is 252 g/mol. The lowest BCUT2D eigenvalue weighted by Gasteiger charge is -2.29. The second-order valence-electron chi connectivity index (χ2n) is 5.35. The fourth-order valence-corrected chi connectivity index (χ4v) is 2.58. The number of hydrogen-bond donors (Lipinski definition) is 2. The highest BCUT2D eigenvalue weighted by Crippen LogP contribution is 2.19. The maximum Gasteiger partial charge on any atom is 0.412 e. The molecule has 0 spiro atoms. The van der Waals surface area contributed by atoms with Crippen molar-refractivity contribution in [2.45, 2.75) is 51.1 Å². The molecule has 1 aliphatic rings. The Balaban J connectivity index is 1.68. The second-order valence-corrected chi connectivity index (χ2v) is 5.35. The quantitative estimate of drug-likeness (QED) is 0.869. The highest BCUT2D eigenvalue weighted by Gasteiger charge is 2.22. The molecule has 20 heavy (non-hydrogen) atoms. The lowest BCUT2D eigenvalue weighted by atomic mass is 9.91. The van der Waals surface area contributed by atoms with Gasteiger partial charge < -0.3 is 15.4 Å². The number of carbonyl (C=O) groups is 1. The zero-order chi connectivity index (χ0) is 14.2. The van der Waals surface area contributed by atoms with Crippen molar-refractivity contribution in [3.05, 3.63) is 30.3 Å². The van der Waals surface area contributed by atoms with E-state index in [9.17, 15) is 4.79 Å². The van der Waals surface area contributed by atoms with Crippen LogP contribution in [0.25, 0.3) is 0 Å². The first kappa shape index (κ1) is 14.9. The summed E-state index contributed by atoms with van der Waals surface area (Å²) in [6, 6.07) is 10.0. The first-order chi connectivity index (χ1) is 9.78. The number of ether oxygens (including phenoxy) is 1. The van der Waals surface area contributed by atoms with Crippen LogP contribution < -0.4 is 15.4 Å². The molecule has 2 rings (SSSR count). The molecular formula is C16H24N2O2. The first-order valence-corrected chi connectivity index (χ1v) is 7.54. The van der Waals surface area contributed by atoms with E-state index >= 15 is 0 Å². The summed E-state index contributed by atoms with van der Waals surface area (Å²) >= 11 is 0.